The van der Waals surface area contributed by atoms with Crippen molar-refractivity contribution in [1.82, 2.24) is 10.6 Å². The van der Waals surface area contributed by atoms with Gasteiger partial charge in [-0.25, -0.2) is 4.79 Å². The maximum absolute atomic E-state index is 12.7. The summed E-state index contributed by atoms with van der Waals surface area (Å²) in [4.78, 5) is 12.7. The Kier molecular flexibility index (Phi) is 4.46. The van der Waals surface area contributed by atoms with Gasteiger partial charge in [0.1, 0.15) is 0 Å². The van der Waals surface area contributed by atoms with Gasteiger partial charge in [-0.15, -0.1) is 0 Å². The fourth-order valence-corrected chi connectivity index (χ4v) is 4.86. The number of carbonyl (C=O) groups is 1. The van der Waals surface area contributed by atoms with Crippen molar-refractivity contribution in [3.63, 3.8) is 0 Å². The first kappa shape index (κ1) is 16.9. The second-order valence-electron chi connectivity index (χ2n) is 8.10. The van der Waals surface area contributed by atoms with Gasteiger partial charge in [0.2, 0.25) is 0 Å². The van der Waals surface area contributed by atoms with Gasteiger partial charge in [0.15, 0.2) is 0 Å². The lowest BCUT2D eigenvalue weighted by Gasteiger charge is -2.54. The average molecular weight is 344 g/mol. The lowest BCUT2D eigenvalue weighted by Crippen LogP contribution is -2.67. The summed E-state index contributed by atoms with van der Waals surface area (Å²) in [5.74, 6) is 0.443. The van der Waals surface area contributed by atoms with Crippen molar-refractivity contribution in [1.29, 1.82) is 0 Å². The molecule has 0 unspecified atom stereocenters. The number of ether oxygens (including phenoxy) is 2. The monoisotopic (exact) mass is 344 g/mol. The summed E-state index contributed by atoms with van der Waals surface area (Å²) < 4.78 is 11.7. The van der Waals surface area contributed by atoms with E-state index in [2.05, 4.69) is 36.6 Å². The second-order valence-corrected chi connectivity index (χ2v) is 8.10. The highest BCUT2D eigenvalue weighted by atomic mass is 16.5. The van der Waals surface area contributed by atoms with Crippen LogP contribution < -0.4 is 10.6 Å². The summed E-state index contributed by atoms with van der Waals surface area (Å²) in [5, 5.41) is 6.39. The molecule has 3 aliphatic rings. The number of benzene rings is 1. The Morgan fingerprint density at radius 3 is 2.68 bits per heavy atom. The molecule has 2 amide bonds. The highest BCUT2D eigenvalue weighted by Gasteiger charge is 2.59. The molecule has 0 bridgehead atoms. The molecular weight excluding hydrogens is 316 g/mol. The molecule has 0 spiro atoms. The minimum atomic E-state index is -0.109. The van der Waals surface area contributed by atoms with Crippen LogP contribution in [0.2, 0.25) is 0 Å². The lowest BCUT2D eigenvalue weighted by molar-refractivity contribution is -0.108. The van der Waals surface area contributed by atoms with Gasteiger partial charge in [-0.2, -0.15) is 0 Å². The van der Waals surface area contributed by atoms with Gasteiger partial charge in [0.05, 0.1) is 18.2 Å². The topological polar surface area (TPSA) is 59.6 Å². The molecule has 1 aliphatic carbocycles. The third kappa shape index (κ3) is 3.04. The van der Waals surface area contributed by atoms with Crippen LogP contribution in [0.1, 0.15) is 44.7 Å². The number of carbonyl (C=O) groups excluding carboxylic acids is 1. The first-order valence-electron chi connectivity index (χ1n) is 9.42. The molecule has 5 nitrogen and oxygen atoms in total. The van der Waals surface area contributed by atoms with E-state index in [1.165, 1.54) is 0 Å². The molecular formula is C20H28N2O3. The Morgan fingerprint density at radius 2 is 1.96 bits per heavy atom. The second kappa shape index (κ2) is 6.61. The number of fused-ring (bicyclic) bond motifs is 1. The number of hydrogen-bond donors (Lipinski definition) is 2. The number of rotatable bonds is 4. The Hall–Kier alpha value is -1.59. The van der Waals surface area contributed by atoms with Gasteiger partial charge in [0, 0.05) is 30.6 Å². The fraction of sp³-hybridized carbons (Fsp3) is 0.650. The zero-order chi connectivity index (χ0) is 17.4. The molecule has 136 valence electrons. The van der Waals surface area contributed by atoms with Crippen LogP contribution in [0.3, 0.4) is 0 Å². The van der Waals surface area contributed by atoms with Crippen molar-refractivity contribution in [3.05, 3.63) is 35.9 Å². The molecule has 0 aromatic heterocycles. The summed E-state index contributed by atoms with van der Waals surface area (Å²) >= 11 is 0. The van der Waals surface area contributed by atoms with Crippen molar-refractivity contribution in [2.24, 2.45) is 11.3 Å². The van der Waals surface area contributed by atoms with Gasteiger partial charge in [0.25, 0.3) is 0 Å². The molecule has 4 rings (SSSR count). The summed E-state index contributed by atoms with van der Waals surface area (Å²) in [7, 11) is 0. The van der Waals surface area contributed by atoms with Crippen LogP contribution in [-0.4, -0.2) is 37.5 Å². The number of nitrogens with one attached hydrogen (secondary N) is 2. The van der Waals surface area contributed by atoms with Crippen molar-refractivity contribution in [2.75, 3.05) is 13.2 Å². The van der Waals surface area contributed by atoms with Gasteiger partial charge >= 0.3 is 6.03 Å². The normalized spacial score (nSPS) is 34.0. The first-order valence-corrected chi connectivity index (χ1v) is 9.42. The van der Waals surface area contributed by atoms with Crippen LogP contribution in [0.25, 0.3) is 0 Å². The van der Waals surface area contributed by atoms with E-state index in [1.807, 2.05) is 18.2 Å². The highest BCUT2D eigenvalue weighted by molar-refractivity contribution is 5.75. The van der Waals surface area contributed by atoms with E-state index in [4.69, 9.17) is 9.47 Å². The summed E-state index contributed by atoms with van der Waals surface area (Å²) in [6.45, 7) is 5.94. The molecule has 2 aliphatic heterocycles. The Morgan fingerprint density at radius 1 is 1.16 bits per heavy atom. The van der Waals surface area contributed by atoms with Crippen LogP contribution in [0.4, 0.5) is 4.79 Å². The van der Waals surface area contributed by atoms with Crippen LogP contribution >= 0.6 is 0 Å². The summed E-state index contributed by atoms with van der Waals surface area (Å²) in [5.41, 5.74) is 1.09. The summed E-state index contributed by atoms with van der Waals surface area (Å²) in [6.07, 6.45) is 3.39. The molecule has 1 saturated carbocycles. The molecule has 0 radical (unpaired) electrons. The molecule has 1 aromatic carbocycles. The standard InChI is InChI=1S/C20H28N2O3/c1-20(2)17(14-10-12-25-18(14)20)22-19(23)21-16(15-9-6-11-24-15)13-7-4-3-5-8-13/h3-5,7-8,14-18H,6,9-12H2,1-2H3,(H2,21,22,23)/t14-,15+,16-,17-,18+/m1/s1. The predicted octanol–water partition coefficient (Wildman–Crippen LogP) is 3.02. The van der Waals surface area contributed by atoms with Crippen LogP contribution in [0.15, 0.2) is 30.3 Å². The van der Waals surface area contributed by atoms with Crippen LogP contribution in [0, 0.1) is 11.3 Å². The zero-order valence-corrected chi connectivity index (χ0v) is 15.0. The van der Waals surface area contributed by atoms with E-state index in [0.717, 1.165) is 38.0 Å². The molecule has 2 N–H and O–H groups in total. The SMILES string of the molecule is CC1(C)[C@H](NC(=O)N[C@H](c2ccccc2)[C@@H]2CCCO2)[C@H]2CCO[C@@H]21. The molecule has 2 saturated heterocycles. The Bertz CT molecular complexity index is 613. The van der Waals surface area contributed by atoms with E-state index < -0.39 is 0 Å². The van der Waals surface area contributed by atoms with Crippen LogP contribution in [-0.2, 0) is 9.47 Å². The molecule has 5 atom stereocenters. The maximum atomic E-state index is 12.7. The molecule has 2 heterocycles. The molecule has 5 heteroatoms. The van der Waals surface area contributed by atoms with E-state index in [0.29, 0.717) is 5.92 Å². The lowest BCUT2D eigenvalue weighted by atomic mass is 9.57. The van der Waals surface area contributed by atoms with E-state index in [9.17, 15) is 4.79 Å². The molecule has 1 aromatic rings. The number of amides is 2. The highest BCUT2D eigenvalue weighted by Crippen LogP contribution is 2.52. The van der Waals surface area contributed by atoms with E-state index in [1.54, 1.807) is 0 Å². The van der Waals surface area contributed by atoms with Gasteiger partial charge < -0.3 is 20.1 Å². The minimum absolute atomic E-state index is 0.00932. The van der Waals surface area contributed by atoms with Gasteiger partial charge in [-0.1, -0.05) is 44.2 Å². The molecule has 3 fully saturated rings. The predicted molar refractivity (Wildman–Crippen MR) is 95.2 cm³/mol. The van der Waals surface area contributed by atoms with E-state index >= 15 is 0 Å². The van der Waals surface area contributed by atoms with Crippen molar-refractivity contribution in [3.8, 4) is 0 Å². The fourth-order valence-electron chi connectivity index (χ4n) is 4.86. The third-order valence-corrected chi connectivity index (χ3v) is 6.17. The quantitative estimate of drug-likeness (QED) is 0.883. The van der Waals surface area contributed by atoms with Crippen molar-refractivity contribution < 1.29 is 14.3 Å². The van der Waals surface area contributed by atoms with Crippen LogP contribution in [0.5, 0.6) is 0 Å². The molecule has 25 heavy (non-hydrogen) atoms. The smallest absolute Gasteiger partial charge is 0.315 e. The van der Waals surface area contributed by atoms with E-state index in [-0.39, 0.29) is 35.7 Å². The number of hydrogen-bond acceptors (Lipinski definition) is 3. The van der Waals surface area contributed by atoms with Crippen molar-refractivity contribution >= 4 is 6.03 Å². The largest absolute Gasteiger partial charge is 0.377 e. The number of urea groups is 1. The van der Waals surface area contributed by atoms with Gasteiger partial charge in [-0.05, 0) is 24.8 Å². The maximum Gasteiger partial charge on any atom is 0.315 e. The van der Waals surface area contributed by atoms with Crippen molar-refractivity contribution in [2.45, 2.75) is 57.4 Å². The Balaban J connectivity index is 1.44. The zero-order valence-electron chi connectivity index (χ0n) is 15.0. The third-order valence-electron chi connectivity index (χ3n) is 6.17. The summed E-state index contributed by atoms with van der Waals surface area (Å²) in [6, 6.07) is 10.1. The minimum Gasteiger partial charge on any atom is -0.377 e. The first-order chi connectivity index (χ1) is 12.1. The Labute approximate surface area is 149 Å². The average Bonchev–Trinajstić information content (AvgIpc) is 3.29. The van der Waals surface area contributed by atoms with Gasteiger partial charge in [-0.3, -0.25) is 0 Å².